The Balaban J connectivity index is 1.89. The molecule has 1 aromatic rings. The molecule has 2 rings (SSSR count). The van der Waals surface area contributed by atoms with Crippen molar-refractivity contribution in [1.82, 2.24) is 25.4 Å². The molecule has 1 unspecified atom stereocenters. The minimum Gasteiger partial charge on any atom is -0.376 e. The highest BCUT2D eigenvalue weighted by molar-refractivity contribution is 5.79. The lowest BCUT2D eigenvalue weighted by atomic mass is 10.2. The van der Waals surface area contributed by atoms with E-state index in [0.29, 0.717) is 12.6 Å². The normalized spacial score (nSPS) is 18.7. The first-order chi connectivity index (χ1) is 10.7. The number of hydrogen-bond donors (Lipinski definition) is 2. The van der Waals surface area contributed by atoms with Crippen molar-refractivity contribution in [3.8, 4) is 0 Å². The summed E-state index contributed by atoms with van der Waals surface area (Å²) in [6, 6.07) is 0. The van der Waals surface area contributed by atoms with Gasteiger partial charge in [-0.15, -0.1) is 10.2 Å². The van der Waals surface area contributed by atoms with Gasteiger partial charge in [0, 0.05) is 26.7 Å². The van der Waals surface area contributed by atoms with Crippen LogP contribution in [0, 0.1) is 6.92 Å². The van der Waals surface area contributed by atoms with Crippen LogP contribution in [0.15, 0.2) is 4.99 Å². The topological polar surface area (TPSA) is 76.4 Å². The average molecular weight is 308 g/mol. The highest BCUT2D eigenvalue weighted by Gasteiger charge is 2.15. The number of nitrogens with zero attached hydrogens (tertiary/aromatic N) is 4. The van der Waals surface area contributed by atoms with Gasteiger partial charge in [-0.05, 0) is 26.2 Å². The minimum absolute atomic E-state index is 0.301. The van der Waals surface area contributed by atoms with Gasteiger partial charge in [0.1, 0.15) is 12.4 Å². The molecule has 0 amide bonds. The molecule has 0 aromatic carbocycles. The molecule has 0 aliphatic carbocycles. The molecular weight excluding hydrogens is 280 g/mol. The van der Waals surface area contributed by atoms with Crippen LogP contribution in [0.1, 0.15) is 44.3 Å². The van der Waals surface area contributed by atoms with Gasteiger partial charge in [0.2, 0.25) is 0 Å². The number of unbranched alkanes of at least 4 members (excludes halogenated alkanes) is 1. The molecule has 1 aliphatic heterocycles. The number of aryl methyl sites for hydroxylation is 1. The second-order valence-electron chi connectivity index (χ2n) is 5.68. The van der Waals surface area contributed by atoms with E-state index in [-0.39, 0.29) is 0 Å². The summed E-state index contributed by atoms with van der Waals surface area (Å²) < 4.78 is 7.61. The predicted molar refractivity (Wildman–Crippen MR) is 86.8 cm³/mol. The molecule has 0 bridgehead atoms. The van der Waals surface area contributed by atoms with E-state index in [0.717, 1.165) is 63.0 Å². The maximum Gasteiger partial charge on any atom is 0.191 e. The van der Waals surface area contributed by atoms with Gasteiger partial charge in [0.15, 0.2) is 11.8 Å². The molecule has 2 N–H and O–H groups in total. The molecule has 2 heterocycles. The maximum absolute atomic E-state index is 5.64. The molecule has 1 saturated heterocycles. The molecule has 0 spiro atoms. The quantitative estimate of drug-likeness (QED) is 0.449. The van der Waals surface area contributed by atoms with Crippen LogP contribution in [0.5, 0.6) is 0 Å². The fraction of sp³-hybridized carbons (Fsp3) is 0.800. The number of aromatic nitrogens is 3. The van der Waals surface area contributed by atoms with Gasteiger partial charge < -0.3 is 19.9 Å². The second-order valence-corrected chi connectivity index (χ2v) is 5.68. The van der Waals surface area contributed by atoms with E-state index in [1.165, 1.54) is 0 Å². The fourth-order valence-electron chi connectivity index (χ4n) is 2.31. The summed E-state index contributed by atoms with van der Waals surface area (Å²) in [5.41, 5.74) is 0. The van der Waals surface area contributed by atoms with Crippen molar-refractivity contribution in [2.75, 3.05) is 19.7 Å². The van der Waals surface area contributed by atoms with Crippen LogP contribution in [0.25, 0.3) is 0 Å². The Morgan fingerprint density at radius 2 is 2.27 bits per heavy atom. The standard InChI is InChI=1S/C15H28N6O/c1-4-5-8-16-15(17-10-13-7-6-9-22-13)18-11-14-20-19-12(2)21(14)3/h13H,4-11H2,1-3H3,(H2,16,17,18). The van der Waals surface area contributed by atoms with E-state index >= 15 is 0 Å². The van der Waals surface area contributed by atoms with Gasteiger partial charge in [-0.1, -0.05) is 13.3 Å². The zero-order valence-corrected chi connectivity index (χ0v) is 13.9. The summed E-state index contributed by atoms with van der Waals surface area (Å²) in [6.45, 7) is 7.24. The van der Waals surface area contributed by atoms with Crippen molar-refractivity contribution >= 4 is 5.96 Å². The van der Waals surface area contributed by atoms with Crippen molar-refractivity contribution in [3.63, 3.8) is 0 Å². The summed E-state index contributed by atoms with van der Waals surface area (Å²) in [7, 11) is 1.96. The van der Waals surface area contributed by atoms with Crippen molar-refractivity contribution in [2.45, 2.75) is 52.2 Å². The zero-order valence-electron chi connectivity index (χ0n) is 13.9. The van der Waals surface area contributed by atoms with Crippen LogP contribution < -0.4 is 10.6 Å². The second kappa shape index (κ2) is 8.73. The lowest BCUT2D eigenvalue weighted by Crippen LogP contribution is -2.41. The fourth-order valence-corrected chi connectivity index (χ4v) is 2.31. The van der Waals surface area contributed by atoms with Crippen molar-refractivity contribution in [2.24, 2.45) is 12.0 Å². The monoisotopic (exact) mass is 308 g/mol. The Labute approximate surface area is 132 Å². The lowest BCUT2D eigenvalue weighted by molar-refractivity contribution is 0.114. The Bertz CT molecular complexity index is 478. The first-order valence-corrected chi connectivity index (χ1v) is 8.19. The molecule has 1 atom stereocenters. The molecule has 22 heavy (non-hydrogen) atoms. The third-order valence-corrected chi connectivity index (χ3v) is 3.91. The summed E-state index contributed by atoms with van der Waals surface area (Å²) >= 11 is 0. The van der Waals surface area contributed by atoms with E-state index in [9.17, 15) is 0 Å². The van der Waals surface area contributed by atoms with Crippen LogP contribution in [0.2, 0.25) is 0 Å². The largest absolute Gasteiger partial charge is 0.376 e. The number of guanidine groups is 1. The third-order valence-electron chi connectivity index (χ3n) is 3.91. The Morgan fingerprint density at radius 3 is 2.91 bits per heavy atom. The number of nitrogens with one attached hydrogen (secondary N) is 2. The van der Waals surface area contributed by atoms with Crippen LogP contribution in [0.4, 0.5) is 0 Å². The maximum atomic E-state index is 5.64. The van der Waals surface area contributed by atoms with E-state index in [1.807, 2.05) is 18.5 Å². The van der Waals surface area contributed by atoms with E-state index in [2.05, 4.69) is 32.7 Å². The predicted octanol–water partition coefficient (Wildman–Crippen LogP) is 1.14. The third kappa shape index (κ3) is 4.98. The minimum atomic E-state index is 0.301. The molecule has 7 heteroatoms. The zero-order chi connectivity index (χ0) is 15.8. The highest BCUT2D eigenvalue weighted by atomic mass is 16.5. The Kier molecular flexibility index (Phi) is 6.64. The lowest BCUT2D eigenvalue weighted by Gasteiger charge is -2.15. The highest BCUT2D eigenvalue weighted by Crippen LogP contribution is 2.10. The Morgan fingerprint density at radius 1 is 1.41 bits per heavy atom. The molecule has 0 saturated carbocycles. The van der Waals surface area contributed by atoms with E-state index < -0.39 is 0 Å². The summed E-state index contributed by atoms with van der Waals surface area (Å²) in [6.07, 6.45) is 4.87. The Hall–Kier alpha value is -1.63. The van der Waals surface area contributed by atoms with Gasteiger partial charge in [0.25, 0.3) is 0 Å². The molecule has 1 aliphatic rings. The SMILES string of the molecule is CCCCNC(=NCc1nnc(C)n1C)NCC1CCCO1. The van der Waals surface area contributed by atoms with Gasteiger partial charge in [0.05, 0.1) is 6.10 Å². The molecular formula is C15H28N6O. The summed E-state index contributed by atoms with van der Waals surface area (Å²) in [5.74, 6) is 2.59. The van der Waals surface area contributed by atoms with Crippen LogP contribution in [-0.2, 0) is 18.3 Å². The molecule has 1 fully saturated rings. The number of ether oxygens (including phenoxy) is 1. The number of hydrogen-bond acceptors (Lipinski definition) is 4. The van der Waals surface area contributed by atoms with Gasteiger partial charge >= 0.3 is 0 Å². The van der Waals surface area contributed by atoms with Crippen LogP contribution >= 0.6 is 0 Å². The first-order valence-electron chi connectivity index (χ1n) is 8.19. The molecule has 1 aromatic heterocycles. The number of aliphatic imine (C=N–C) groups is 1. The van der Waals surface area contributed by atoms with Gasteiger partial charge in [-0.2, -0.15) is 0 Å². The van der Waals surface area contributed by atoms with Crippen LogP contribution in [0.3, 0.4) is 0 Å². The molecule has 0 radical (unpaired) electrons. The van der Waals surface area contributed by atoms with Crippen LogP contribution in [-0.4, -0.2) is 46.5 Å². The van der Waals surface area contributed by atoms with Gasteiger partial charge in [-0.3, -0.25) is 0 Å². The van der Waals surface area contributed by atoms with Gasteiger partial charge in [-0.25, -0.2) is 4.99 Å². The smallest absolute Gasteiger partial charge is 0.191 e. The van der Waals surface area contributed by atoms with Crippen molar-refractivity contribution < 1.29 is 4.74 Å². The first kappa shape index (κ1) is 16.7. The van der Waals surface area contributed by atoms with Crippen molar-refractivity contribution in [3.05, 3.63) is 11.6 Å². The molecule has 124 valence electrons. The number of rotatable bonds is 7. The average Bonchev–Trinajstić information content (AvgIpc) is 3.14. The summed E-state index contributed by atoms with van der Waals surface area (Å²) in [4.78, 5) is 4.62. The van der Waals surface area contributed by atoms with E-state index in [1.54, 1.807) is 0 Å². The molecule has 7 nitrogen and oxygen atoms in total. The van der Waals surface area contributed by atoms with Crippen molar-refractivity contribution in [1.29, 1.82) is 0 Å². The van der Waals surface area contributed by atoms with E-state index in [4.69, 9.17) is 4.74 Å². The summed E-state index contributed by atoms with van der Waals surface area (Å²) in [5, 5.41) is 14.9.